The SMILES string of the molecule is CCCOc1ccc(C(=O)N/N=C/c2ccc(N3CCOCC3)c(F)c2)cc1. The van der Waals surface area contributed by atoms with Gasteiger partial charge in [0.1, 0.15) is 11.6 Å². The van der Waals surface area contributed by atoms with Crippen LogP contribution in [0.2, 0.25) is 0 Å². The van der Waals surface area contributed by atoms with Crippen LogP contribution in [0.1, 0.15) is 29.3 Å². The highest BCUT2D eigenvalue weighted by Crippen LogP contribution is 2.21. The number of rotatable bonds is 7. The quantitative estimate of drug-likeness (QED) is 0.587. The van der Waals surface area contributed by atoms with Crippen LogP contribution >= 0.6 is 0 Å². The molecule has 1 fully saturated rings. The van der Waals surface area contributed by atoms with Crippen LogP contribution in [-0.4, -0.2) is 45.0 Å². The zero-order chi connectivity index (χ0) is 19.8. The maximum Gasteiger partial charge on any atom is 0.271 e. The van der Waals surface area contributed by atoms with Gasteiger partial charge in [0.15, 0.2) is 0 Å². The van der Waals surface area contributed by atoms with E-state index >= 15 is 0 Å². The number of morpholine rings is 1. The van der Waals surface area contributed by atoms with Crippen molar-refractivity contribution in [3.05, 3.63) is 59.4 Å². The minimum absolute atomic E-state index is 0.320. The van der Waals surface area contributed by atoms with Crippen LogP contribution in [-0.2, 0) is 4.74 Å². The smallest absolute Gasteiger partial charge is 0.271 e. The summed E-state index contributed by atoms with van der Waals surface area (Å²) in [4.78, 5) is 14.1. The molecule has 0 atom stereocenters. The molecule has 0 bridgehead atoms. The second kappa shape index (κ2) is 9.85. The highest BCUT2D eigenvalue weighted by Gasteiger charge is 2.15. The molecule has 28 heavy (non-hydrogen) atoms. The van der Waals surface area contributed by atoms with Gasteiger partial charge in [0, 0.05) is 18.7 Å². The molecule has 1 N–H and O–H groups in total. The maximum atomic E-state index is 14.4. The Morgan fingerprint density at radius 3 is 2.68 bits per heavy atom. The van der Waals surface area contributed by atoms with Gasteiger partial charge < -0.3 is 14.4 Å². The Morgan fingerprint density at radius 1 is 1.25 bits per heavy atom. The van der Waals surface area contributed by atoms with Gasteiger partial charge in [-0.25, -0.2) is 9.82 Å². The summed E-state index contributed by atoms with van der Waals surface area (Å²) in [6.07, 6.45) is 2.34. The highest BCUT2D eigenvalue weighted by atomic mass is 19.1. The Bertz CT molecular complexity index is 818. The molecule has 0 saturated carbocycles. The van der Waals surface area contributed by atoms with E-state index in [0.717, 1.165) is 12.2 Å². The van der Waals surface area contributed by atoms with Gasteiger partial charge in [-0.2, -0.15) is 5.10 Å². The molecule has 3 rings (SSSR count). The van der Waals surface area contributed by atoms with Crippen molar-refractivity contribution in [2.75, 3.05) is 37.8 Å². The van der Waals surface area contributed by atoms with E-state index in [1.807, 2.05) is 11.8 Å². The van der Waals surface area contributed by atoms with E-state index in [-0.39, 0.29) is 11.7 Å². The van der Waals surface area contributed by atoms with Gasteiger partial charge in [0.05, 0.1) is 31.7 Å². The highest BCUT2D eigenvalue weighted by molar-refractivity contribution is 5.95. The standard InChI is InChI=1S/C21H24FN3O3/c1-2-11-28-18-6-4-17(5-7-18)21(26)24-23-15-16-3-8-20(19(22)14-16)25-9-12-27-13-10-25/h3-8,14-15H,2,9-13H2,1H3,(H,24,26)/b23-15+. The van der Waals surface area contributed by atoms with Gasteiger partial charge in [-0.05, 0) is 48.4 Å². The second-order valence-corrected chi connectivity index (χ2v) is 6.38. The number of nitrogens with zero attached hydrogens (tertiary/aromatic N) is 2. The lowest BCUT2D eigenvalue weighted by molar-refractivity contribution is 0.0955. The second-order valence-electron chi connectivity index (χ2n) is 6.38. The predicted octanol–water partition coefficient (Wildman–Crippen LogP) is 3.22. The van der Waals surface area contributed by atoms with Gasteiger partial charge in [0.2, 0.25) is 0 Å². The fourth-order valence-electron chi connectivity index (χ4n) is 2.82. The number of hydrazone groups is 1. The van der Waals surface area contributed by atoms with E-state index in [2.05, 4.69) is 10.5 Å². The third-order valence-electron chi connectivity index (χ3n) is 4.29. The first kappa shape index (κ1) is 19.8. The molecule has 1 aliphatic heterocycles. The number of carbonyl (C=O) groups excluding carboxylic acids is 1. The van der Waals surface area contributed by atoms with Crippen LogP contribution in [0.3, 0.4) is 0 Å². The Kier molecular flexibility index (Phi) is 6.97. The number of amides is 1. The number of nitrogens with one attached hydrogen (secondary N) is 1. The molecule has 1 saturated heterocycles. The fourth-order valence-corrected chi connectivity index (χ4v) is 2.82. The zero-order valence-electron chi connectivity index (χ0n) is 15.9. The number of benzene rings is 2. The molecule has 1 heterocycles. The molecule has 1 amide bonds. The first-order valence-corrected chi connectivity index (χ1v) is 9.36. The predicted molar refractivity (Wildman–Crippen MR) is 107 cm³/mol. The van der Waals surface area contributed by atoms with E-state index in [1.54, 1.807) is 36.4 Å². The maximum absolute atomic E-state index is 14.4. The molecule has 2 aromatic rings. The Morgan fingerprint density at radius 2 is 2.00 bits per heavy atom. The minimum Gasteiger partial charge on any atom is -0.494 e. The first-order chi connectivity index (χ1) is 13.7. The minimum atomic E-state index is -0.344. The van der Waals surface area contributed by atoms with E-state index in [9.17, 15) is 9.18 Å². The summed E-state index contributed by atoms with van der Waals surface area (Å²) in [5.41, 5.74) is 4.03. The zero-order valence-corrected chi connectivity index (χ0v) is 15.9. The average molecular weight is 385 g/mol. The van der Waals surface area contributed by atoms with Crippen molar-refractivity contribution < 1.29 is 18.7 Å². The summed E-state index contributed by atoms with van der Waals surface area (Å²) in [6.45, 7) is 5.20. The van der Waals surface area contributed by atoms with Crippen LogP contribution < -0.4 is 15.1 Å². The number of hydrogen-bond acceptors (Lipinski definition) is 5. The summed E-state index contributed by atoms with van der Waals surface area (Å²) in [7, 11) is 0. The third-order valence-corrected chi connectivity index (χ3v) is 4.29. The van der Waals surface area contributed by atoms with Crippen LogP contribution in [0.25, 0.3) is 0 Å². The molecular weight excluding hydrogens is 361 g/mol. The Balaban J connectivity index is 1.56. The molecule has 2 aromatic carbocycles. The van der Waals surface area contributed by atoms with Crippen molar-refractivity contribution in [2.24, 2.45) is 5.10 Å². The van der Waals surface area contributed by atoms with E-state index in [4.69, 9.17) is 9.47 Å². The third kappa shape index (κ3) is 5.29. The normalized spacial score (nSPS) is 14.3. The van der Waals surface area contributed by atoms with Gasteiger partial charge in [-0.3, -0.25) is 4.79 Å². The van der Waals surface area contributed by atoms with Crippen molar-refractivity contribution in [3.8, 4) is 5.75 Å². The van der Waals surface area contributed by atoms with Crippen molar-refractivity contribution in [3.63, 3.8) is 0 Å². The monoisotopic (exact) mass is 385 g/mol. The lowest BCUT2D eigenvalue weighted by Gasteiger charge is -2.29. The molecule has 1 aliphatic rings. The molecule has 6 nitrogen and oxygen atoms in total. The molecule has 0 unspecified atom stereocenters. The number of halogens is 1. The van der Waals surface area contributed by atoms with Crippen LogP contribution in [0.5, 0.6) is 5.75 Å². The van der Waals surface area contributed by atoms with Crippen LogP contribution in [0.15, 0.2) is 47.6 Å². The number of carbonyl (C=O) groups is 1. The number of hydrogen-bond donors (Lipinski definition) is 1. The van der Waals surface area contributed by atoms with Gasteiger partial charge >= 0.3 is 0 Å². The van der Waals surface area contributed by atoms with Crippen molar-refractivity contribution in [1.82, 2.24) is 5.43 Å². The molecule has 0 radical (unpaired) electrons. The van der Waals surface area contributed by atoms with Gasteiger partial charge in [0.25, 0.3) is 5.91 Å². The summed E-state index contributed by atoms with van der Waals surface area (Å²) in [5.74, 6) is 0.0567. The summed E-state index contributed by atoms with van der Waals surface area (Å²) in [6, 6.07) is 11.7. The fraction of sp³-hybridized carbons (Fsp3) is 0.333. The van der Waals surface area contributed by atoms with Gasteiger partial charge in [-0.15, -0.1) is 0 Å². The van der Waals surface area contributed by atoms with E-state index in [1.165, 1.54) is 12.3 Å². The van der Waals surface area contributed by atoms with E-state index in [0.29, 0.717) is 49.7 Å². The van der Waals surface area contributed by atoms with Crippen molar-refractivity contribution >= 4 is 17.8 Å². The van der Waals surface area contributed by atoms with Gasteiger partial charge in [-0.1, -0.05) is 13.0 Å². The molecule has 7 heteroatoms. The molecule has 0 spiro atoms. The van der Waals surface area contributed by atoms with Crippen molar-refractivity contribution in [2.45, 2.75) is 13.3 Å². The first-order valence-electron chi connectivity index (χ1n) is 9.36. The Hall–Kier alpha value is -2.93. The van der Waals surface area contributed by atoms with E-state index < -0.39 is 0 Å². The molecule has 0 aromatic heterocycles. The lowest BCUT2D eigenvalue weighted by Crippen LogP contribution is -2.36. The number of ether oxygens (including phenoxy) is 2. The van der Waals surface area contributed by atoms with Crippen molar-refractivity contribution in [1.29, 1.82) is 0 Å². The molecule has 0 aliphatic carbocycles. The topological polar surface area (TPSA) is 63.2 Å². The summed E-state index contributed by atoms with van der Waals surface area (Å²) >= 11 is 0. The van der Waals surface area contributed by atoms with Crippen LogP contribution in [0.4, 0.5) is 10.1 Å². The Labute approximate surface area is 163 Å². The summed E-state index contributed by atoms with van der Waals surface area (Å²) in [5, 5.41) is 3.92. The molecule has 148 valence electrons. The lowest BCUT2D eigenvalue weighted by atomic mass is 10.2. The number of anilines is 1. The summed E-state index contributed by atoms with van der Waals surface area (Å²) < 4.78 is 25.1. The van der Waals surface area contributed by atoms with Crippen LogP contribution in [0, 0.1) is 5.82 Å². The largest absolute Gasteiger partial charge is 0.494 e. The molecular formula is C21H24FN3O3. The average Bonchev–Trinajstić information content (AvgIpc) is 2.73.